The van der Waals surface area contributed by atoms with Crippen LogP contribution in [-0.2, 0) is 0 Å². The van der Waals surface area contributed by atoms with Crippen LogP contribution in [0.4, 0.5) is 10.1 Å². The van der Waals surface area contributed by atoms with Gasteiger partial charge in [-0.05, 0) is 18.6 Å². The third kappa shape index (κ3) is 2.08. The Labute approximate surface area is 94.0 Å². The number of nitrogens with zero attached hydrogens (tertiary/aromatic N) is 1. The molecule has 2 rings (SSSR count). The minimum absolute atomic E-state index is 0.203. The van der Waals surface area contributed by atoms with Crippen LogP contribution in [0.15, 0.2) is 12.1 Å². The molecule has 0 amide bonds. The molecule has 2 nitrogen and oxygen atoms in total. The third-order valence-corrected chi connectivity index (χ3v) is 3.00. The minimum atomic E-state index is -0.293. The molecule has 0 saturated carbocycles. The molecule has 4 heteroatoms. The molecule has 0 unspecified atom stereocenters. The van der Waals surface area contributed by atoms with E-state index < -0.39 is 0 Å². The summed E-state index contributed by atoms with van der Waals surface area (Å²) in [5, 5.41) is 3.44. The molecule has 1 fully saturated rings. The van der Waals surface area contributed by atoms with Gasteiger partial charge >= 0.3 is 0 Å². The fourth-order valence-electron chi connectivity index (χ4n) is 1.91. The minimum Gasteiger partial charge on any atom is -0.366 e. The summed E-state index contributed by atoms with van der Waals surface area (Å²) < 4.78 is 13.9. The summed E-state index contributed by atoms with van der Waals surface area (Å²) in [6, 6.07) is 3.47. The van der Waals surface area contributed by atoms with E-state index in [4.69, 9.17) is 11.6 Å². The molecule has 1 aromatic rings. The van der Waals surface area contributed by atoms with Gasteiger partial charge in [-0.1, -0.05) is 17.7 Å². The van der Waals surface area contributed by atoms with Crippen LogP contribution in [0.2, 0.25) is 5.02 Å². The number of anilines is 1. The molecule has 1 heterocycles. The van der Waals surface area contributed by atoms with Crippen molar-refractivity contribution < 1.29 is 4.39 Å². The first kappa shape index (κ1) is 10.7. The first-order valence-corrected chi connectivity index (χ1v) is 5.48. The topological polar surface area (TPSA) is 15.3 Å². The van der Waals surface area contributed by atoms with Crippen LogP contribution >= 0.6 is 11.6 Å². The van der Waals surface area contributed by atoms with E-state index in [9.17, 15) is 4.39 Å². The van der Waals surface area contributed by atoms with Crippen LogP contribution in [0, 0.1) is 12.7 Å². The smallest absolute Gasteiger partial charge is 0.165 e. The van der Waals surface area contributed by atoms with Crippen molar-refractivity contribution in [3.05, 3.63) is 28.5 Å². The summed E-state index contributed by atoms with van der Waals surface area (Å²) in [6.07, 6.45) is 0. The van der Waals surface area contributed by atoms with Crippen LogP contribution in [0.1, 0.15) is 5.56 Å². The van der Waals surface area contributed by atoms with Crippen LogP contribution in [-0.4, -0.2) is 26.2 Å². The Balaban J connectivity index is 2.36. The van der Waals surface area contributed by atoms with Crippen LogP contribution < -0.4 is 10.2 Å². The number of aryl methyl sites for hydroxylation is 1. The second-order valence-electron chi connectivity index (χ2n) is 3.76. The van der Waals surface area contributed by atoms with Crippen molar-refractivity contribution in [3.63, 3.8) is 0 Å². The van der Waals surface area contributed by atoms with Gasteiger partial charge in [-0.15, -0.1) is 0 Å². The Morgan fingerprint density at radius 1 is 1.33 bits per heavy atom. The maximum Gasteiger partial charge on any atom is 0.165 e. The summed E-state index contributed by atoms with van der Waals surface area (Å²) in [4.78, 5) is 2.05. The van der Waals surface area contributed by atoms with Gasteiger partial charge in [0.05, 0.1) is 10.7 Å². The van der Waals surface area contributed by atoms with Gasteiger partial charge in [0.15, 0.2) is 5.82 Å². The predicted octanol–water partition coefficient (Wildman–Crippen LogP) is 2.20. The van der Waals surface area contributed by atoms with Gasteiger partial charge in [-0.2, -0.15) is 0 Å². The molecule has 0 aliphatic carbocycles. The fourth-order valence-corrected chi connectivity index (χ4v) is 2.07. The largest absolute Gasteiger partial charge is 0.366 e. The second-order valence-corrected chi connectivity index (χ2v) is 4.17. The maximum absolute atomic E-state index is 13.9. The Kier molecular flexibility index (Phi) is 3.12. The summed E-state index contributed by atoms with van der Waals surface area (Å²) >= 11 is 5.79. The molecule has 1 aliphatic heterocycles. The Hall–Kier alpha value is -0.800. The molecule has 0 spiro atoms. The lowest BCUT2D eigenvalue weighted by molar-refractivity contribution is 0.565. The molecule has 1 aliphatic rings. The molecule has 0 atom stereocenters. The summed E-state index contributed by atoms with van der Waals surface area (Å²) in [6.45, 7) is 5.36. The number of hydrogen-bond donors (Lipinski definition) is 1. The zero-order chi connectivity index (χ0) is 10.8. The van der Waals surface area contributed by atoms with Crippen LogP contribution in [0.5, 0.6) is 0 Å². The van der Waals surface area contributed by atoms with E-state index >= 15 is 0 Å². The number of nitrogens with one attached hydrogen (secondary N) is 1. The summed E-state index contributed by atoms with van der Waals surface area (Å²) in [5.41, 5.74) is 1.60. The van der Waals surface area contributed by atoms with Crippen molar-refractivity contribution in [2.24, 2.45) is 0 Å². The van der Waals surface area contributed by atoms with Crippen molar-refractivity contribution >= 4 is 17.3 Å². The SMILES string of the molecule is Cc1ccc(Cl)c(F)c1N1CCNCC1. The highest BCUT2D eigenvalue weighted by atomic mass is 35.5. The number of hydrogen-bond acceptors (Lipinski definition) is 2. The normalized spacial score (nSPS) is 16.9. The van der Waals surface area contributed by atoms with Crippen molar-refractivity contribution in [1.82, 2.24) is 5.32 Å². The van der Waals surface area contributed by atoms with Gasteiger partial charge in [0.25, 0.3) is 0 Å². The number of rotatable bonds is 1. The van der Waals surface area contributed by atoms with Gasteiger partial charge in [0.2, 0.25) is 0 Å². The maximum atomic E-state index is 13.9. The molecule has 0 radical (unpaired) electrons. The van der Waals surface area contributed by atoms with Crippen LogP contribution in [0.25, 0.3) is 0 Å². The van der Waals surface area contributed by atoms with Crippen molar-refractivity contribution in [2.75, 3.05) is 31.1 Å². The Morgan fingerprint density at radius 3 is 2.67 bits per heavy atom. The molecule has 15 heavy (non-hydrogen) atoms. The lowest BCUT2D eigenvalue weighted by Crippen LogP contribution is -2.44. The van der Waals surface area contributed by atoms with Crippen molar-refractivity contribution in [3.8, 4) is 0 Å². The second kappa shape index (κ2) is 4.37. The Morgan fingerprint density at radius 2 is 2.00 bits per heavy atom. The van der Waals surface area contributed by atoms with Crippen LogP contribution in [0.3, 0.4) is 0 Å². The van der Waals surface area contributed by atoms with E-state index in [0.717, 1.165) is 31.7 Å². The molecular formula is C11H14ClFN2. The molecule has 1 aromatic carbocycles. The van der Waals surface area contributed by atoms with E-state index in [1.54, 1.807) is 6.07 Å². The standard InChI is InChI=1S/C11H14ClFN2/c1-8-2-3-9(12)10(13)11(8)15-6-4-14-5-7-15/h2-3,14H,4-7H2,1H3. The lowest BCUT2D eigenvalue weighted by Gasteiger charge is -2.31. The van der Waals surface area contributed by atoms with Gasteiger partial charge in [-0.25, -0.2) is 4.39 Å². The molecule has 0 bridgehead atoms. The molecule has 1 N–H and O–H groups in total. The number of benzene rings is 1. The monoisotopic (exact) mass is 228 g/mol. The number of halogens is 2. The van der Waals surface area contributed by atoms with E-state index in [1.165, 1.54) is 0 Å². The number of piperazine rings is 1. The van der Waals surface area contributed by atoms with E-state index in [1.807, 2.05) is 17.9 Å². The lowest BCUT2D eigenvalue weighted by atomic mass is 10.1. The van der Waals surface area contributed by atoms with Gasteiger partial charge in [0, 0.05) is 26.2 Å². The first-order valence-electron chi connectivity index (χ1n) is 5.10. The predicted molar refractivity (Wildman–Crippen MR) is 61.2 cm³/mol. The molecule has 0 aromatic heterocycles. The first-order chi connectivity index (χ1) is 7.20. The van der Waals surface area contributed by atoms with Crippen molar-refractivity contribution in [1.29, 1.82) is 0 Å². The van der Waals surface area contributed by atoms with Crippen molar-refractivity contribution in [2.45, 2.75) is 6.92 Å². The zero-order valence-electron chi connectivity index (χ0n) is 8.69. The highest BCUT2D eigenvalue weighted by Gasteiger charge is 2.18. The summed E-state index contributed by atoms with van der Waals surface area (Å²) in [5.74, 6) is -0.293. The third-order valence-electron chi connectivity index (χ3n) is 2.70. The van der Waals surface area contributed by atoms with E-state index in [0.29, 0.717) is 5.69 Å². The molecular weight excluding hydrogens is 215 g/mol. The average Bonchev–Trinajstić information content (AvgIpc) is 2.26. The van der Waals surface area contributed by atoms with Gasteiger partial charge < -0.3 is 10.2 Å². The Bertz CT molecular complexity index is 362. The van der Waals surface area contributed by atoms with E-state index in [2.05, 4.69) is 5.32 Å². The highest BCUT2D eigenvalue weighted by Crippen LogP contribution is 2.29. The van der Waals surface area contributed by atoms with E-state index in [-0.39, 0.29) is 10.8 Å². The highest BCUT2D eigenvalue weighted by molar-refractivity contribution is 6.31. The summed E-state index contributed by atoms with van der Waals surface area (Å²) in [7, 11) is 0. The quantitative estimate of drug-likeness (QED) is 0.793. The molecule has 1 saturated heterocycles. The molecule has 82 valence electrons. The zero-order valence-corrected chi connectivity index (χ0v) is 9.44. The average molecular weight is 229 g/mol. The van der Waals surface area contributed by atoms with Gasteiger partial charge in [-0.3, -0.25) is 0 Å². The fraction of sp³-hybridized carbons (Fsp3) is 0.455. The van der Waals surface area contributed by atoms with Gasteiger partial charge in [0.1, 0.15) is 0 Å².